The van der Waals surface area contributed by atoms with Gasteiger partial charge in [0.15, 0.2) is 0 Å². The van der Waals surface area contributed by atoms with E-state index in [2.05, 4.69) is 47.3 Å². The molecule has 0 amide bonds. The van der Waals surface area contributed by atoms with Gasteiger partial charge in [-0.05, 0) is 72.7 Å². The molecule has 0 spiro atoms. The number of benzene rings is 2. The highest BCUT2D eigenvalue weighted by molar-refractivity contribution is 5.90. The summed E-state index contributed by atoms with van der Waals surface area (Å²) in [6.07, 6.45) is 7.73. The van der Waals surface area contributed by atoms with Crippen molar-refractivity contribution >= 4 is 28.3 Å². The minimum absolute atomic E-state index is 0.318. The summed E-state index contributed by atoms with van der Waals surface area (Å²) in [5, 5.41) is 1.08. The highest BCUT2D eigenvalue weighted by atomic mass is 16.5. The number of furan rings is 1. The summed E-state index contributed by atoms with van der Waals surface area (Å²) in [6, 6.07) is 16.3. The number of aryl methyl sites for hydroxylation is 1. The average Bonchev–Trinajstić information content (AvgIpc) is 3.34. The number of anilines is 2. The highest BCUT2D eigenvalue weighted by Gasteiger charge is 2.23. The summed E-state index contributed by atoms with van der Waals surface area (Å²) in [6.45, 7) is 0.683. The van der Waals surface area contributed by atoms with Crippen LogP contribution in [0.3, 0.4) is 0 Å². The monoisotopic (exact) mass is 442 g/mol. The first kappa shape index (κ1) is 21.1. The molecule has 5 rings (SSSR count). The molecular weight excluding hydrogens is 416 g/mol. The van der Waals surface area contributed by atoms with Crippen LogP contribution in [-0.2, 0) is 11.2 Å². The van der Waals surface area contributed by atoms with Crippen LogP contribution in [0.25, 0.3) is 11.0 Å². The van der Waals surface area contributed by atoms with E-state index in [1.54, 1.807) is 24.7 Å². The lowest BCUT2D eigenvalue weighted by molar-refractivity contribution is 0.0599. The number of ether oxygens (including phenoxy) is 2. The zero-order valence-corrected chi connectivity index (χ0v) is 18.8. The zero-order chi connectivity index (χ0) is 22.8. The first-order valence-corrected chi connectivity index (χ1v) is 11.1. The van der Waals surface area contributed by atoms with E-state index in [0.717, 1.165) is 52.9 Å². The van der Waals surface area contributed by atoms with Crippen LogP contribution < -0.4 is 9.64 Å². The Morgan fingerprint density at radius 3 is 2.88 bits per heavy atom. The Hall–Kier alpha value is -3.80. The second kappa shape index (κ2) is 8.98. The minimum Gasteiger partial charge on any atom is -0.493 e. The maximum absolute atomic E-state index is 12.1. The normalized spacial score (nSPS) is 15.0. The molecule has 0 N–H and O–H groups in total. The number of hydrogen-bond donors (Lipinski definition) is 0. The van der Waals surface area contributed by atoms with Gasteiger partial charge in [-0.1, -0.05) is 6.07 Å². The topological polar surface area (TPSA) is 64.8 Å². The van der Waals surface area contributed by atoms with Crippen LogP contribution in [0.4, 0.5) is 11.4 Å². The molecule has 1 aliphatic rings. The van der Waals surface area contributed by atoms with Crippen molar-refractivity contribution in [1.82, 2.24) is 4.98 Å². The number of fused-ring (bicyclic) bond motifs is 2. The number of nitrogens with zero attached hydrogens (tertiary/aromatic N) is 2. The van der Waals surface area contributed by atoms with E-state index >= 15 is 0 Å². The second-order valence-corrected chi connectivity index (χ2v) is 8.32. The molecule has 0 fully saturated rings. The van der Waals surface area contributed by atoms with Gasteiger partial charge < -0.3 is 18.8 Å². The van der Waals surface area contributed by atoms with Crippen molar-refractivity contribution in [2.24, 2.45) is 0 Å². The molecule has 33 heavy (non-hydrogen) atoms. The molecule has 1 atom stereocenters. The minimum atomic E-state index is -0.318. The standard InChI is InChI=1S/C27H26N2O4/c1-29(21-6-8-25-19(15-21)11-14-32-25)22-5-7-23-18(10-13-33-26(23)16-22)3-4-20-17-28-12-9-24(20)27(30)31-2/h5-9,11-12,14-18H,3-4,10,13H2,1-2H3/t18-/m1/s1. The summed E-state index contributed by atoms with van der Waals surface area (Å²) >= 11 is 0. The molecule has 4 aromatic rings. The molecule has 0 bridgehead atoms. The van der Waals surface area contributed by atoms with E-state index in [4.69, 9.17) is 13.9 Å². The molecule has 2 aromatic heterocycles. The third-order valence-electron chi connectivity index (χ3n) is 6.44. The van der Waals surface area contributed by atoms with Crippen molar-refractivity contribution < 1.29 is 18.7 Å². The Labute approximate surface area is 192 Å². The van der Waals surface area contributed by atoms with Crippen molar-refractivity contribution in [2.75, 3.05) is 25.7 Å². The maximum atomic E-state index is 12.1. The van der Waals surface area contributed by atoms with Crippen LogP contribution in [0.5, 0.6) is 5.75 Å². The molecule has 168 valence electrons. The van der Waals surface area contributed by atoms with Gasteiger partial charge in [0.2, 0.25) is 0 Å². The third kappa shape index (κ3) is 4.16. The molecular formula is C27H26N2O4. The zero-order valence-electron chi connectivity index (χ0n) is 18.8. The number of rotatable bonds is 6. The Balaban J connectivity index is 1.35. The Bertz CT molecular complexity index is 1300. The fourth-order valence-electron chi connectivity index (χ4n) is 4.54. The van der Waals surface area contributed by atoms with Crippen molar-refractivity contribution in [3.8, 4) is 5.75 Å². The average molecular weight is 443 g/mol. The number of aromatic nitrogens is 1. The van der Waals surface area contributed by atoms with Gasteiger partial charge in [0.05, 0.1) is 25.5 Å². The molecule has 0 saturated heterocycles. The SMILES string of the molecule is COC(=O)c1ccncc1CC[C@@H]1CCOc2cc(N(C)c3ccc4occc4c3)ccc21. The molecule has 0 radical (unpaired) electrons. The summed E-state index contributed by atoms with van der Waals surface area (Å²) < 4.78 is 16.4. The van der Waals surface area contributed by atoms with Crippen molar-refractivity contribution in [3.05, 3.63) is 83.9 Å². The third-order valence-corrected chi connectivity index (χ3v) is 6.44. The molecule has 0 unspecified atom stereocenters. The lowest BCUT2D eigenvalue weighted by atomic mass is 9.87. The second-order valence-electron chi connectivity index (χ2n) is 8.32. The van der Waals surface area contributed by atoms with E-state index in [-0.39, 0.29) is 5.97 Å². The molecule has 1 aliphatic heterocycles. The highest BCUT2D eigenvalue weighted by Crippen LogP contribution is 2.40. The van der Waals surface area contributed by atoms with Crippen LogP contribution in [0, 0.1) is 0 Å². The van der Waals surface area contributed by atoms with Crippen LogP contribution >= 0.6 is 0 Å². The number of methoxy groups -OCH3 is 1. The number of hydrogen-bond acceptors (Lipinski definition) is 6. The molecule has 6 heteroatoms. The van der Waals surface area contributed by atoms with Crippen LogP contribution in [-0.4, -0.2) is 31.7 Å². The van der Waals surface area contributed by atoms with Crippen molar-refractivity contribution in [1.29, 1.82) is 0 Å². The summed E-state index contributed by atoms with van der Waals surface area (Å²) in [4.78, 5) is 18.4. The Kier molecular flexibility index (Phi) is 5.73. The number of carbonyl (C=O) groups is 1. The van der Waals surface area contributed by atoms with Crippen LogP contribution in [0.1, 0.15) is 40.2 Å². The van der Waals surface area contributed by atoms with Gasteiger partial charge in [0.25, 0.3) is 0 Å². The molecule has 2 aromatic carbocycles. The van der Waals surface area contributed by atoms with Gasteiger partial charge in [-0.3, -0.25) is 4.98 Å². The molecule has 0 saturated carbocycles. The van der Waals surface area contributed by atoms with Crippen LogP contribution in [0.2, 0.25) is 0 Å². The van der Waals surface area contributed by atoms with E-state index in [0.29, 0.717) is 18.1 Å². The van der Waals surface area contributed by atoms with Gasteiger partial charge in [0.1, 0.15) is 11.3 Å². The van der Waals surface area contributed by atoms with E-state index in [1.807, 2.05) is 12.1 Å². The van der Waals surface area contributed by atoms with Gasteiger partial charge in [-0.15, -0.1) is 0 Å². The fraction of sp³-hybridized carbons (Fsp3) is 0.259. The van der Waals surface area contributed by atoms with Crippen LogP contribution in [0.15, 0.2) is 71.6 Å². The van der Waals surface area contributed by atoms with Gasteiger partial charge >= 0.3 is 5.97 Å². The van der Waals surface area contributed by atoms with Crippen molar-refractivity contribution in [3.63, 3.8) is 0 Å². The lowest BCUT2D eigenvalue weighted by Gasteiger charge is -2.28. The first-order chi connectivity index (χ1) is 16.1. The number of pyridine rings is 1. The molecule has 0 aliphatic carbocycles. The summed E-state index contributed by atoms with van der Waals surface area (Å²) in [5.41, 5.74) is 5.76. The van der Waals surface area contributed by atoms with Crippen molar-refractivity contribution in [2.45, 2.75) is 25.2 Å². The summed E-state index contributed by atoms with van der Waals surface area (Å²) in [5.74, 6) is 0.974. The van der Waals surface area contributed by atoms with E-state index < -0.39 is 0 Å². The fourth-order valence-corrected chi connectivity index (χ4v) is 4.54. The molecule has 3 heterocycles. The van der Waals surface area contributed by atoms with Gasteiger partial charge in [-0.2, -0.15) is 0 Å². The predicted molar refractivity (Wildman–Crippen MR) is 127 cm³/mol. The first-order valence-electron chi connectivity index (χ1n) is 11.1. The van der Waals surface area contributed by atoms with Gasteiger partial charge in [0, 0.05) is 42.3 Å². The smallest absolute Gasteiger partial charge is 0.338 e. The maximum Gasteiger partial charge on any atom is 0.338 e. The predicted octanol–water partition coefficient (Wildman–Crippen LogP) is 5.88. The quantitative estimate of drug-likeness (QED) is 0.347. The number of esters is 1. The largest absolute Gasteiger partial charge is 0.493 e. The Morgan fingerprint density at radius 1 is 1.15 bits per heavy atom. The Morgan fingerprint density at radius 2 is 2.00 bits per heavy atom. The van der Waals surface area contributed by atoms with E-state index in [9.17, 15) is 4.79 Å². The molecule has 6 nitrogen and oxygen atoms in total. The number of carbonyl (C=O) groups excluding carboxylic acids is 1. The lowest BCUT2D eigenvalue weighted by Crippen LogP contribution is -2.17. The van der Waals surface area contributed by atoms with E-state index in [1.165, 1.54) is 12.7 Å². The van der Waals surface area contributed by atoms with Gasteiger partial charge in [-0.25, -0.2) is 4.79 Å². The summed E-state index contributed by atoms with van der Waals surface area (Å²) in [7, 11) is 3.46.